The minimum Gasteiger partial charge on any atom is -0.444 e. The van der Waals surface area contributed by atoms with Crippen LogP contribution >= 0.6 is 11.6 Å². The van der Waals surface area contributed by atoms with Crippen molar-refractivity contribution in [2.45, 2.75) is 6.42 Å². The van der Waals surface area contributed by atoms with Crippen LogP contribution in [-0.2, 0) is 6.42 Å². The van der Waals surface area contributed by atoms with Gasteiger partial charge in [-0.1, -0.05) is 11.6 Å². The van der Waals surface area contributed by atoms with Gasteiger partial charge in [0.15, 0.2) is 0 Å². The van der Waals surface area contributed by atoms with E-state index in [1.807, 2.05) is 12.1 Å². The van der Waals surface area contributed by atoms with E-state index < -0.39 is 0 Å². The van der Waals surface area contributed by atoms with Crippen molar-refractivity contribution in [1.29, 1.82) is 0 Å². The molecular weight excluding hydrogens is 214 g/mol. The Hall–Kier alpha value is -1.32. The number of hydrogen-bond donors (Lipinski definition) is 1. The molecule has 3 nitrogen and oxygen atoms in total. The first kappa shape index (κ1) is 10.2. The molecule has 0 saturated carbocycles. The Bertz CT molecular complexity index is 436. The lowest BCUT2D eigenvalue weighted by Crippen LogP contribution is -1.90. The van der Waals surface area contributed by atoms with E-state index >= 15 is 0 Å². The van der Waals surface area contributed by atoms with Crippen LogP contribution in [-0.4, -0.2) is 16.7 Å². The standard InChI is InChI=1S/C11H10ClNO2/c12-9-3-1-8(2-4-9)11-13-10(5-6-14)7-15-11/h1-4,7,14H,5-6H2. The fraction of sp³-hybridized carbons (Fsp3) is 0.182. The average molecular weight is 224 g/mol. The van der Waals surface area contributed by atoms with Gasteiger partial charge in [0.05, 0.1) is 5.69 Å². The maximum Gasteiger partial charge on any atom is 0.226 e. The number of nitrogens with zero attached hydrogens (tertiary/aromatic N) is 1. The molecule has 0 atom stereocenters. The Labute approximate surface area is 92.3 Å². The van der Waals surface area contributed by atoms with Gasteiger partial charge in [-0.15, -0.1) is 0 Å². The molecule has 0 aliphatic heterocycles. The Morgan fingerprint density at radius 2 is 2.00 bits per heavy atom. The Kier molecular flexibility index (Phi) is 3.04. The van der Waals surface area contributed by atoms with Gasteiger partial charge in [-0.2, -0.15) is 0 Å². The number of aliphatic hydroxyl groups excluding tert-OH is 1. The molecular formula is C11H10ClNO2. The summed E-state index contributed by atoms with van der Waals surface area (Å²) >= 11 is 5.77. The van der Waals surface area contributed by atoms with Crippen LogP contribution in [0.1, 0.15) is 5.69 Å². The number of aromatic nitrogens is 1. The quantitative estimate of drug-likeness (QED) is 0.870. The fourth-order valence-electron chi connectivity index (χ4n) is 1.26. The van der Waals surface area contributed by atoms with Crippen LogP contribution in [0.25, 0.3) is 11.5 Å². The van der Waals surface area contributed by atoms with Crippen LogP contribution in [0.3, 0.4) is 0 Å². The SMILES string of the molecule is OCCc1coc(-c2ccc(Cl)cc2)n1. The largest absolute Gasteiger partial charge is 0.444 e. The summed E-state index contributed by atoms with van der Waals surface area (Å²) in [5, 5.41) is 9.42. The highest BCUT2D eigenvalue weighted by molar-refractivity contribution is 6.30. The monoisotopic (exact) mass is 223 g/mol. The maximum absolute atomic E-state index is 8.74. The van der Waals surface area contributed by atoms with E-state index in [1.54, 1.807) is 18.4 Å². The van der Waals surface area contributed by atoms with E-state index in [0.717, 1.165) is 11.3 Å². The van der Waals surface area contributed by atoms with E-state index in [2.05, 4.69) is 4.98 Å². The first-order chi connectivity index (χ1) is 7.29. The van der Waals surface area contributed by atoms with Gasteiger partial charge in [-0.25, -0.2) is 4.98 Å². The molecule has 1 aromatic heterocycles. The van der Waals surface area contributed by atoms with Gasteiger partial charge in [0.2, 0.25) is 5.89 Å². The number of oxazole rings is 1. The molecule has 0 saturated heterocycles. The van der Waals surface area contributed by atoms with Crippen molar-refractivity contribution in [3.63, 3.8) is 0 Å². The Morgan fingerprint density at radius 1 is 1.27 bits per heavy atom. The summed E-state index contributed by atoms with van der Waals surface area (Å²) in [6, 6.07) is 7.26. The van der Waals surface area contributed by atoms with E-state index in [0.29, 0.717) is 17.3 Å². The van der Waals surface area contributed by atoms with Crippen LogP contribution in [0.5, 0.6) is 0 Å². The molecule has 2 rings (SSSR count). The summed E-state index contributed by atoms with van der Waals surface area (Å²) in [5.74, 6) is 0.551. The first-order valence-electron chi connectivity index (χ1n) is 4.61. The second-order valence-corrected chi connectivity index (χ2v) is 3.56. The maximum atomic E-state index is 8.74. The lowest BCUT2D eigenvalue weighted by atomic mass is 10.2. The topological polar surface area (TPSA) is 46.3 Å². The molecule has 0 radical (unpaired) electrons. The van der Waals surface area contributed by atoms with Crippen LogP contribution in [0.4, 0.5) is 0 Å². The van der Waals surface area contributed by atoms with Crippen molar-refractivity contribution in [3.8, 4) is 11.5 Å². The zero-order chi connectivity index (χ0) is 10.7. The summed E-state index contributed by atoms with van der Waals surface area (Å²) in [6.07, 6.45) is 2.07. The van der Waals surface area contributed by atoms with Gasteiger partial charge in [0.1, 0.15) is 6.26 Å². The van der Waals surface area contributed by atoms with Gasteiger partial charge < -0.3 is 9.52 Å². The molecule has 0 fully saturated rings. The first-order valence-corrected chi connectivity index (χ1v) is 4.98. The number of aliphatic hydroxyl groups is 1. The second-order valence-electron chi connectivity index (χ2n) is 3.12. The van der Waals surface area contributed by atoms with E-state index in [9.17, 15) is 0 Å². The highest BCUT2D eigenvalue weighted by Gasteiger charge is 2.05. The lowest BCUT2D eigenvalue weighted by Gasteiger charge is -1.94. The highest BCUT2D eigenvalue weighted by atomic mass is 35.5. The smallest absolute Gasteiger partial charge is 0.226 e. The molecule has 1 N–H and O–H groups in total. The van der Waals surface area contributed by atoms with Gasteiger partial charge >= 0.3 is 0 Å². The molecule has 1 heterocycles. The predicted molar refractivity (Wildman–Crippen MR) is 57.7 cm³/mol. The van der Waals surface area contributed by atoms with Crippen LogP contribution in [0.2, 0.25) is 5.02 Å². The van der Waals surface area contributed by atoms with E-state index in [4.69, 9.17) is 21.1 Å². The van der Waals surface area contributed by atoms with Crippen LogP contribution < -0.4 is 0 Å². The molecule has 2 aromatic rings. The third-order valence-corrected chi connectivity index (χ3v) is 2.26. The predicted octanol–water partition coefficient (Wildman–Crippen LogP) is 2.53. The molecule has 1 aromatic carbocycles. The number of rotatable bonds is 3. The van der Waals surface area contributed by atoms with Crippen molar-refractivity contribution in [2.24, 2.45) is 0 Å². The summed E-state index contributed by atoms with van der Waals surface area (Å²) in [5.41, 5.74) is 1.63. The molecule has 0 aliphatic rings. The molecule has 4 heteroatoms. The summed E-state index contributed by atoms with van der Waals surface area (Å²) in [7, 11) is 0. The summed E-state index contributed by atoms with van der Waals surface area (Å²) in [6.45, 7) is 0.0760. The lowest BCUT2D eigenvalue weighted by molar-refractivity contribution is 0.298. The van der Waals surface area contributed by atoms with E-state index in [-0.39, 0.29) is 6.61 Å². The third kappa shape index (κ3) is 2.37. The van der Waals surface area contributed by atoms with Crippen molar-refractivity contribution in [2.75, 3.05) is 6.61 Å². The third-order valence-electron chi connectivity index (χ3n) is 2.01. The number of halogens is 1. The molecule has 0 bridgehead atoms. The fourth-order valence-corrected chi connectivity index (χ4v) is 1.39. The zero-order valence-electron chi connectivity index (χ0n) is 7.98. The number of benzene rings is 1. The summed E-state index contributed by atoms with van der Waals surface area (Å²) < 4.78 is 5.28. The van der Waals surface area contributed by atoms with E-state index in [1.165, 1.54) is 0 Å². The Balaban J connectivity index is 2.25. The molecule has 0 aliphatic carbocycles. The van der Waals surface area contributed by atoms with Crippen molar-refractivity contribution >= 4 is 11.6 Å². The zero-order valence-corrected chi connectivity index (χ0v) is 8.74. The molecule has 0 unspecified atom stereocenters. The molecule has 0 amide bonds. The van der Waals surface area contributed by atoms with Gasteiger partial charge in [-0.05, 0) is 24.3 Å². The van der Waals surface area contributed by atoms with Crippen molar-refractivity contribution in [1.82, 2.24) is 4.98 Å². The highest BCUT2D eigenvalue weighted by Crippen LogP contribution is 2.20. The normalized spacial score (nSPS) is 10.5. The van der Waals surface area contributed by atoms with Gasteiger partial charge in [0.25, 0.3) is 0 Å². The van der Waals surface area contributed by atoms with Gasteiger partial charge in [-0.3, -0.25) is 0 Å². The minimum atomic E-state index is 0.0760. The van der Waals surface area contributed by atoms with Crippen LogP contribution in [0, 0.1) is 0 Å². The molecule has 15 heavy (non-hydrogen) atoms. The molecule has 78 valence electrons. The summed E-state index contributed by atoms with van der Waals surface area (Å²) in [4.78, 5) is 4.23. The van der Waals surface area contributed by atoms with Gasteiger partial charge in [0, 0.05) is 23.6 Å². The number of hydrogen-bond acceptors (Lipinski definition) is 3. The molecule has 0 spiro atoms. The average Bonchev–Trinajstić information content (AvgIpc) is 2.68. The minimum absolute atomic E-state index is 0.0760. The van der Waals surface area contributed by atoms with Crippen LogP contribution in [0.15, 0.2) is 34.9 Å². The second kappa shape index (κ2) is 4.47. The Morgan fingerprint density at radius 3 is 2.67 bits per heavy atom. The van der Waals surface area contributed by atoms with Crippen molar-refractivity contribution < 1.29 is 9.52 Å². The van der Waals surface area contributed by atoms with Crippen molar-refractivity contribution in [3.05, 3.63) is 41.2 Å².